The summed E-state index contributed by atoms with van der Waals surface area (Å²) in [5, 5.41) is 128. The number of ether oxygens (including phenoxy) is 8. The minimum Gasteiger partial charge on any atom is -0.410 e. The molecule has 4 fully saturated rings. The Labute approximate surface area is 308 Å². The molecule has 0 saturated carbocycles. The van der Waals surface area contributed by atoms with Gasteiger partial charge in [0.05, 0.1) is 51.2 Å². The van der Waals surface area contributed by atoms with Crippen LogP contribution in [0.4, 0.5) is 0 Å². The Kier molecular flexibility index (Phi) is 15.9. The van der Waals surface area contributed by atoms with Crippen molar-refractivity contribution >= 4 is 12.4 Å². The molecule has 23 heteroatoms. The van der Waals surface area contributed by atoms with Gasteiger partial charge in [-0.25, -0.2) is 0 Å². The summed E-state index contributed by atoms with van der Waals surface area (Å²) in [6.07, 6.45) is -30.4. The second kappa shape index (κ2) is 19.1. The van der Waals surface area contributed by atoms with Gasteiger partial charge in [0.15, 0.2) is 12.6 Å². The van der Waals surface area contributed by atoms with Crippen LogP contribution in [0, 0.1) is 5.92 Å². The number of nitrogens with one attached hydrogen (secondary N) is 1. The van der Waals surface area contributed by atoms with Crippen molar-refractivity contribution in [3.8, 4) is 0 Å². The van der Waals surface area contributed by atoms with Gasteiger partial charge in [-0.05, 0) is 6.92 Å². The van der Waals surface area contributed by atoms with Gasteiger partial charge in [0.1, 0.15) is 85.4 Å². The van der Waals surface area contributed by atoms with E-state index >= 15 is 0 Å². The van der Waals surface area contributed by atoms with Crippen molar-refractivity contribution in [2.24, 2.45) is 5.92 Å². The third-order valence-corrected chi connectivity index (χ3v) is 10.1. The van der Waals surface area contributed by atoms with Crippen LogP contribution in [0.25, 0.3) is 0 Å². The lowest BCUT2D eigenvalue weighted by molar-refractivity contribution is -0.448. The van der Waals surface area contributed by atoms with E-state index in [0.29, 0.717) is 0 Å². The van der Waals surface area contributed by atoms with Gasteiger partial charge < -0.3 is 104 Å². The highest BCUT2D eigenvalue weighted by Gasteiger charge is 2.58. The quantitative estimate of drug-likeness (QED) is 0.0541. The third-order valence-electron chi connectivity index (χ3n) is 10.1. The van der Waals surface area contributed by atoms with E-state index in [-0.39, 0.29) is 6.47 Å². The SMILES string of the molecule is CC(=O)NC1C(O)[C@H](O[C@@H]2OC(CO)[C@H](O)[C@H](O[C@]3(OC=O)C[C@@H](O)[C@@H](C)C([C@H](O)C(O)CO)O3)C2O)[C@H](CO)O[C@H]1OC1[C@@H](O)[C@H](O)C(CO)O[C@@H]1C. The molecule has 0 aromatic rings. The van der Waals surface area contributed by atoms with E-state index < -0.39 is 167 Å². The Morgan fingerprint density at radius 3 is 1.96 bits per heavy atom. The van der Waals surface area contributed by atoms with Crippen molar-refractivity contribution in [3.63, 3.8) is 0 Å². The molecule has 4 heterocycles. The molecular weight excluding hydrogens is 738 g/mol. The second-order valence-corrected chi connectivity index (χ2v) is 13.8. The largest absolute Gasteiger partial charge is 0.410 e. The molecule has 314 valence electrons. The second-order valence-electron chi connectivity index (χ2n) is 13.8. The minimum atomic E-state index is -2.67. The lowest BCUT2D eigenvalue weighted by Crippen LogP contribution is -2.69. The number of rotatable bonds is 15. The van der Waals surface area contributed by atoms with Crippen LogP contribution < -0.4 is 5.32 Å². The van der Waals surface area contributed by atoms with Gasteiger partial charge in [0, 0.05) is 12.8 Å². The molecule has 21 atom stereocenters. The number of aliphatic hydroxyl groups is 12. The summed E-state index contributed by atoms with van der Waals surface area (Å²) in [5.41, 5.74) is 0. The van der Waals surface area contributed by atoms with Crippen molar-refractivity contribution in [2.45, 2.75) is 149 Å². The molecule has 0 aliphatic carbocycles. The molecule has 4 aliphatic heterocycles. The van der Waals surface area contributed by atoms with Crippen LogP contribution >= 0.6 is 0 Å². The molecule has 0 aromatic heterocycles. The predicted octanol–water partition coefficient (Wildman–Crippen LogP) is -8.01. The number of amides is 1. The van der Waals surface area contributed by atoms with Crippen LogP contribution in [-0.4, -0.2) is 222 Å². The Hall–Kier alpha value is -1.82. The van der Waals surface area contributed by atoms with Crippen LogP contribution in [0.15, 0.2) is 0 Å². The Morgan fingerprint density at radius 2 is 1.39 bits per heavy atom. The van der Waals surface area contributed by atoms with Gasteiger partial charge in [-0.2, -0.15) is 0 Å². The van der Waals surface area contributed by atoms with Crippen molar-refractivity contribution in [1.29, 1.82) is 0 Å². The van der Waals surface area contributed by atoms with Crippen molar-refractivity contribution < 1.29 is 109 Å². The van der Waals surface area contributed by atoms with Crippen molar-refractivity contribution in [3.05, 3.63) is 0 Å². The molecule has 13 N–H and O–H groups in total. The molecular formula is C31H53NO22. The predicted molar refractivity (Wildman–Crippen MR) is 169 cm³/mol. The maximum absolute atomic E-state index is 12.2. The highest BCUT2D eigenvalue weighted by Crippen LogP contribution is 2.40. The van der Waals surface area contributed by atoms with E-state index in [1.54, 1.807) is 0 Å². The van der Waals surface area contributed by atoms with E-state index in [0.717, 1.165) is 6.92 Å². The molecule has 4 saturated heterocycles. The molecule has 0 spiro atoms. The van der Waals surface area contributed by atoms with Crippen molar-refractivity contribution in [1.82, 2.24) is 5.32 Å². The number of carbonyl (C=O) groups is 2. The van der Waals surface area contributed by atoms with Crippen LogP contribution in [0.1, 0.15) is 27.2 Å². The summed E-state index contributed by atoms with van der Waals surface area (Å²) in [4.78, 5) is 23.9. The number of hydrogen-bond acceptors (Lipinski definition) is 22. The molecule has 4 rings (SSSR count). The average Bonchev–Trinajstić information content (AvgIpc) is 3.14. The molecule has 1 amide bonds. The average molecular weight is 792 g/mol. The Bertz CT molecular complexity index is 1210. The van der Waals surface area contributed by atoms with Gasteiger partial charge in [0.2, 0.25) is 5.91 Å². The molecule has 0 bridgehead atoms. The highest BCUT2D eigenvalue weighted by molar-refractivity contribution is 5.73. The Balaban J connectivity index is 1.59. The first-order valence-corrected chi connectivity index (χ1v) is 17.4. The highest BCUT2D eigenvalue weighted by atomic mass is 16.9. The summed E-state index contributed by atoms with van der Waals surface area (Å²) in [6, 6.07) is -1.53. The number of hydrogen-bond donors (Lipinski definition) is 13. The number of aliphatic hydroxyl groups excluding tert-OH is 12. The standard InChI is InChI=1S/C31H53NO22/c1-10-13(39)4-31(47-9-37,53-25(10)19(41)14(40)5-33)54-28-21(43)16(7-35)49-30(24(28)46)52-27-17(8-36)50-29(18(22(27)44)32-12(3)38)51-26-11(2)48-15(6-34)20(42)23(26)45/h9-11,13-30,33-36,39-46H,4-8H2,1-3H3,(H,32,38)/t10-,11-,13-,14?,15?,16?,17+,18?,19-,20-,21+,22?,23+,24?,25?,26?,27-,28+,29+,30+,31+/m1/s1. The van der Waals surface area contributed by atoms with Gasteiger partial charge in [-0.15, -0.1) is 0 Å². The van der Waals surface area contributed by atoms with Crippen LogP contribution in [-0.2, 0) is 47.5 Å². The van der Waals surface area contributed by atoms with E-state index in [1.807, 2.05) is 0 Å². The van der Waals surface area contributed by atoms with E-state index in [9.17, 15) is 70.9 Å². The van der Waals surface area contributed by atoms with Gasteiger partial charge >= 0.3 is 5.97 Å². The molecule has 0 radical (unpaired) electrons. The molecule has 23 nitrogen and oxygen atoms in total. The van der Waals surface area contributed by atoms with E-state index in [2.05, 4.69) is 5.32 Å². The zero-order valence-corrected chi connectivity index (χ0v) is 29.6. The summed E-state index contributed by atoms with van der Waals surface area (Å²) >= 11 is 0. The smallest absolute Gasteiger partial charge is 0.332 e. The van der Waals surface area contributed by atoms with Gasteiger partial charge in [-0.1, -0.05) is 6.92 Å². The molecule has 8 unspecified atom stereocenters. The third kappa shape index (κ3) is 9.47. The first-order chi connectivity index (χ1) is 25.5. The fourth-order valence-electron chi connectivity index (χ4n) is 7.01. The Morgan fingerprint density at radius 1 is 0.796 bits per heavy atom. The zero-order valence-electron chi connectivity index (χ0n) is 29.6. The maximum Gasteiger partial charge on any atom is 0.332 e. The fourth-order valence-corrected chi connectivity index (χ4v) is 7.01. The lowest BCUT2D eigenvalue weighted by atomic mass is 9.87. The normalized spacial score (nSPS) is 47.0. The van der Waals surface area contributed by atoms with E-state index in [1.165, 1.54) is 13.8 Å². The zero-order chi connectivity index (χ0) is 40.2. The topological polar surface area (TPSA) is 363 Å². The number of carbonyl (C=O) groups excluding carboxylic acids is 2. The molecule has 54 heavy (non-hydrogen) atoms. The first-order valence-electron chi connectivity index (χ1n) is 17.4. The monoisotopic (exact) mass is 791 g/mol. The summed E-state index contributed by atoms with van der Waals surface area (Å²) in [6.45, 7) is 0.420. The van der Waals surface area contributed by atoms with Crippen LogP contribution in [0.3, 0.4) is 0 Å². The van der Waals surface area contributed by atoms with Gasteiger partial charge in [0.25, 0.3) is 6.47 Å². The van der Waals surface area contributed by atoms with E-state index in [4.69, 9.17) is 37.9 Å². The van der Waals surface area contributed by atoms with Crippen LogP contribution in [0.5, 0.6) is 0 Å². The summed E-state index contributed by atoms with van der Waals surface area (Å²) < 4.78 is 45.2. The minimum absolute atomic E-state index is 0.155. The summed E-state index contributed by atoms with van der Waals surface area (Å²) in [5.74, 6) is -4.33. The maximum atomic E-state index is 12.2. The van der Waals surface area contributed by atoms with Crippen molar-refractivity contribution in [2.75, 3.05) is 26.4 Å². The summed E-state index contributed by atoms with van der Waals surface area (Å²) in [7, 11) is 0. The fraction of sp³-hybridized carbons (Fsp3) is 0.935. The first kappa shape index (κ1) is 44.9. The molecule has 0 aromatic carbocycles. The van der Waals surface area contributed by atoms with Gasteiger partial charge in [-0.3, -0.25) is 9.59 Å². The lowest BCUT2D eigenvalue weighted by Gasteiger charge is -2.51. The van der Waals surface area contributed by atoms with Crippen LogP contribution in [0.2, 0.25) is 0 Å². The molecule has 4 aliphatic rings.